The minimum atomic E-state index is 0.229. The highest BCUT2D eigenvalue weighted by atomic mass is 16.3. The lowest BCUT2D eigenvalue weighted by Gasteiger charge is -2.48. The molecule has 1 saturated heterocycles. The summed E-state index contributed by atoms with van der Waals surface area (Å²) in [5.41, 5.74) is 1.52. The van der Waals surface area contributed by atoms with Crippen LogP contribution < -0.4 is 5.32 Å². The molecule has 1 aliphatic rings. The highest BCUT2D eigenvalue weighted by Crippen LogP contribution is 2.29. The third kappa shape index (κ3) is 3.21. The summed E-state index contributed by atoms with van der Waals surface area (Å²) in [4.78, 5) is 2.69. The van der Waals surface area contributed by atoms with E-state index in [1.807, 2.05) is 6.26 Å². The molecule has 1 aromatic rings. The third-order valence-electron chi connectivity index (χ3n) is 4.91. The Kier molecular flexibility index (Phi) is 5.06. The summed E-state index contributed by atoms with van der Waals surface area (Å²) in [6.45, 7) is 7.22. The van der Waals surface area contributed by atoms with E-state index < -0.39 is 0 Å². The van der Waals surface area contributed by atoms with E-state index in [4.69, 9.17) is 4.42 Å². The maximum Gasteiger partial charge on any atom is 0.0935 e. The largest absolute Gasteiger partial charge is 0.472 e. The van der Waals surface area contributed by atoms with Crippen molar-refractivity contribution in [2.24, 2.45) is 0 Å². The normalized spacial score (nSPS) is 22.1. The van der Waals surface area contributed by atoms with Gasteiger partial charge in [0, 0.05) is 11.6 Å². The van der Waals surface area contributed by atoms with Crippen LogP contribution in [0, 0.1) is 0 Å². The van der Waals surface area contributed by atoms with Crippen molar-refractivity contribution in [3.8, 4) is 0 Å². The Hall–Kier alpha value is -0.800. The first-order chi connectivity index (χ1) is 9.20. The average molecular weight is 264 g/mol. The van der Waals surface area contributed by atoms with Crippen molar-refractivity contribution in [3.63, 3.8) is 0 Å². The van der Waals surface area contributed by atoms with Crippen LogP contribution in [0.15, 0.2) is 23.0 Å². The van der Waals surface area contributed by atoms with Crippen molar-refractivity contribution in [1.82, 2.24) is 10.2 Å². The predicted molar refractivity (Wildman–Crippen MR) is 79.4 cm³/mol. The fourth-order valence-corrected chi connectivity index (χ4v) is 3.37. The van der Waals surface area contributed by atoms with Crippen LogP contribution in [0.4, 0.5) is 0 Å². The molecule has 1 N–H and O–H groups in total. The number of nitrogens with zero attached hydrogens (tertiary/aromatic N) is 1. The second kappa shape index (κ2) is 6.58. The zero-order chi connectivity index (χ0) is 13.7. The summed E-state index contributed by atoms with van der Waals surface area (Å²) < 4.78 is 5.21. The van der Waals surface area contributed by atoms with E-state index in [9.17, 15) is 0 Å². The number of piperidine rings is 1. The first kappa shape index (κ1) is 14.6. The van der Waals surface area contributed by atoms with Crippen molar-refractivity contribution in [1.29, 1.82) is 0 Å². The molecule has 2 heterocycles. The van der Waals surface area contributed by atoms with Gasteiger partial charge in [-0.15, -0.1) is 0 Å². The second-order valence-corrected chi connectivity index (χ2v) is 5.94. The van der Waals surface area contributed by atoms with Crippen molar-refractivity contribution in [2.75, 3.05) is 20.1 Å². The smallest absolute Gasteiger partial charge is 0.0935 e. The molecule has 1 fully saturated rings. The molecule has 3 heteroatoms. The first-order valence-corrected chi connectivity index (χ1v) is 7.64. The number of furan rings is 1. The molecular formula is C16H28N2O. The molecule has 1 aliphatic heterocycles. The Morgan fingerprint density at radius 2 is 2.11 bits per heavy atom. The summed E-state index contributed by atoms with van der Waals surface area (Å²) in [5.74, 6) is 0. The average Bonchev–Trinajstić information content (AvgIpc) is 2.98. The van der Waals surface area contributed by atoms with Crippen LogP contribution in [0.2, 0.25) is 0 Å². The van der Waals surface area contributed by atoms with Gasteiger partial charge in [-0.05, 0) is 64.4 Å². The summed E-state index contributed by atoms with van der Waals surface area (Å²) in [5, 5.41) is 3.55. The van der Waals surface area contributed by atoms with Gasteiger partial charge in [-0.1, -0.05) is 13.3 Å². The van der Waals surface area contributed by atoms with E-state index in [-0.39, 0.29) is 5.54 Å². The van der Waals surface area contributed by atoms with Gasteiger partial charge < -0.3 is 9.73 Å². The van der Waals surface area contributed by atoms with Crippen LogP contribution in [-0.2, 0) is 6.42 Å². The Labute approximate surface area is 117 Å². The lowest BCUT2D eigenvalue weighted by atomic mass is 9.82. The quantitative estimate of drug-likeness (QED) is 0.856. The molecule has 2 unspecified atom stereocenters. The van der Waals surface area contributed by atoms with Crippen molar-refractivity contribution < 1.29 is 4.42 Å². The van der Waals surface area contributed by atoms with Crippen LogP contribution in [0.1, 0.15) is 45.1 Å². The molecule has 0 radical (unpaired) electrons. The highest BCUT2D eigenvalue weighted by Gasteiger charge is 2.37. The van der Waals surface area contributed by atoms with Gasteiger partial charge in [0.2, 0.25) is 0 Å². The lowest BCUT2D eigenvalue weighted by Crippen LogP contribution is -2.60. The fourth-order valence-electron chi connectivity index (χ4n) is 3.37. The molecule has 19 heavy (non-hydrogen) atoms. The van der Waals surface area contributed by atoms with E-state index in [0.29, 0.717) is 6.04 Å². The summed E-state index contributed by atoms with van der Waals surface area (Å²) in [7, 11) is 2.09. The standard InChI is InChI=1S/C16H28N2O/c1-4-16(2,18-9-6-5-7-10-18)15(17-3)12-14-8-11-19-13-14/h8,11,13,15,17H,4-7,9-10,12H2,1-3H3. The third-order valence-corrected chi connectivity index (χ3v) is 4.91. The van der Waals surface area contributed by atoms with Gasteiger partial charge in [0.15, 0.2) is 0 Å². The molecule has 2 rings (SSSR count). The van der Waals surface area contributed by atoms with Gasteiger partial charge in [0.05, 0.1) is 12.5 Å². The van der Waals surface area contributed by atoms with Gasteiger partial charge in [-0.3, -0.25) is 4.90 Å². The Morgan fingerprint density at radius 1 is 1.37 bits per heavy atom. The van der Waals surface area contributed by atoms with Crippen molar-refractivity contribution in [3.05, 3.63) is 24.2 Å². The van der Waals surface area contributed by atoms with Gasteiger partial charge >= 0.3 is 0 Å². The number of nitrogens with one attached hydrogen (secondary N) is 1. The Bertz CT molecular complexity index is 357. The lowest BCUT2D eigenvalue weighted by molar-refractivity contribution is 0.0452. The monoisotopic (exact) mass is 264 g/mol. The maximum absolute atomic E-state index is 5.21. The van der Waals surface area contributed by atoms with Crippen LogP contribution in [-0.4, -0.2) is 36.6 Å². The van der Waals surface area contributed by atoms with E-state index >= 15 is 0 Å². The van der Waals surface area contributed by atoms with E-state index in [0.717, 1.165) is 6.42 Å². The van der Waals surface area contributed by atoms with Gasteiger partial charge in [0.25, 0.3) is 0 Å². The minimum Gasteiger partial charge on any atom is -0.472 e. The molecule has 3 nitrogen and oxygen atoms in total. The molecular weight excluding hydrogens is 236 g/mol. The maximum atomic E-state index is 5.21. The summed E-state index contributed by atoms with van der Waals surface area (Å²) >= 11 is 0. The Balaban J connectivity index is 2.11. The van der Waals surface area contributed by atoms with Gasteiger partial charge in [-0.25, -0.2) is 0 Å². The first-order valence-electron chi connectivity index (χ1n) is 7.64. The predicted octanol–water partition coefficient (Wildman–Crippen LogP) is 3.06. The molecule has 1 aromatic heterocycles. The fraction of sp³-hybridized carbons (Fsp3) is 0.750. The summed E-state index contributed by atoms with van der Waals surface area (Å²) in [6, 6.07) is 2.55. The number of likely N-dealkylation sites (tertiary alicyclic amines) is 1. The second-order valence-electron chi connectivity index (χ2n) is 5.94. The topological polar surface area (TPSA) is 28.4 Å². The molecule has 0 bridgehead atoms. The van der Waals surface area contributed by atoms with E-state index in [1.54, 1.807) is 6.26 Å². The number of likely N-dealkylation sites (N-methyl/N-ethyl adjacent to an activating group) is 1. The molecule has 108 valence electrons. The van der Waals surface area contributed by atoms with Crippen LogP contribution in [0.5, 0.6) is 0 Å². The highest BCUT2D eigenvalue weighted by molar-refractivity contribution is 5.11. The SMILES string of the molecule is CCC(C)(C(Cc1ccoc1)NC)N1CCCCC1. The molecule has 2 atom stereocenters. The molecule has 0 aromatic carbocycles. The van der Waals surface area contributed by atoms with Crippen LogP contribution >= 0.6 is 0 Å². The van der Waals surface area contributed by atoms with E-state index in [1.165, 1.54) is 44.3 Å². The zero-order valence-corrected chi connectivity index (χ0v) is 12.6. The number of hydrogen-bond acceptors (Lipinski definition) is 3. The Morgan fingerprint density at radius 3 is 2.63 bits per heavy atom. The van der Waals surface area contributed by atoms with Crippen molar-refractivity contribution >= 4 is 0 Å². The number of rotatable bonds is 6. The van der Waals surface area contributed by atoms with Crippen LogP contribution in [0.25, 0.3) is 0 Å². The molecule has 0 amide bonds. The van der Waals surface area contributed by atoms with Crippen LogP contribution in [0.3, 0.4) is 0 Å². The van der Waals surface area contributed by atoms with E-state index in [2.05, 4.69) is 37.2 Å². The molecule has 0 aliphatic carbocycles. The zero-order valence-electron chi connectivity index (χ0n) is 12.6. The molecule has 0 saturated carbocycles. The minimum absolute atomic E-state index is 0.229. The number of hydrogen-bond donors (Lipinski definition) is 1. The molecule has 0 spiro atoms. The van der Waals surface area contributed by atoms with Crippen molar-refractivity contribution in [2.45, 2.75) is 57.5 Å². The van der Waals surface area contributed by atoms with Gasteiger partial charge in [0.1, 0.15) is 0 Å². The summed E-state index contributed by atoms with van der Waals surface area (Å²) in [6.07, 6.45) is 9.94. The van der Waals surface area contributed by atoms with Gasteiger partial charge in [-0.2, -0.15) is 0 Å².